The molecular formula is C20H18N2O5. The van der Waals surface area contributed by atoms with E-state index in [1.165, 1.54) is 0 Å². The van der Waals surface area contributed by atoms with E-state index >= 15 is 0 Å². The van der Waals surface area contributed by atoms with Gasteiger partial charge in [0, 0.05) is 16.8 Å². The van der Waals surface area contributed by atoms with Crippen molar-refractivity contribution >= 4 is 29.3 Å². The quantitative estimate of drug-likeness (QED) is 0.601. The van der Waals surface area contributed by atoms with Gasteiger partial charge in [-0.25, -0.2) is 0 Å². The maximum absolute atomic E-state index is 12.2. The monoisotopic (exact) mass is 366 g/mol. The third-order valence-electron chi connectivity index (χ3n) is 4.28. The van der Waals surface area contributed by atoms with Crippen LogP contribution in [0.15, 0.2) is 48.5 Å². The Morgan fingerprint density at radius 2 is 1.81 bits per heavy atom. The van der Waals surface area contributed by atoms with Crippen molar-refractivity contribution in [2.24, 2.45) is 0 Å². The fourth-order valence-electron chi connectivity index (χ4n) is 2.71. The average Bonchev–Trinajstić information content (AvgIpc) is 2.98. The van der Waals surface area contributed by atoms with Gasteiger partial charge in [-0.2, -0.15) is 0 Å². The van der Waals surface area contributed by atoms with Crippen molar-refractivity contribution < 1.29 is 23.9 Å². The fourth-order valence-corrected chi connectivity index (χ4v) is 2.71. The van der Waals surface area contributed by atoms with Crippen LogP contribution in [0.25, 0.3) is 0 Å². The van der Waals surface area contributed by atoms with E-state index in [-0.39, 0.29) is 24.2 Å². The summed E-state index contributed by atoms with van der Waals surface area (Å²) >= 11 is 0. The topological polar surface area (TPSA) is 102 Å². The lowest BCUT2D eigenvalue weighted by Crippen LogP contribution is -2.31. The van der Waals surface area contributed by atoms with Crippen LogP contribution >= 0.6 is 0 Å². The second-order valence-electron chi connectivity index (χ2n) is 6.15. The van der Waals surface area contributed by atoms with E-state index in [9.17, 15) is 19.2 Å². The molecule has 1 heterocycles. The molecule has 0 radical (unpaired) electrons. The third kappa shape index (κ3) is 4.20. The molecule has 0 aromatic heterocycles. The van der Waals surface area contributed by atoms with Gasteiger partial charge in [0.2, 0.25) is 5.91 Å². The molecule has 2 N–H and O–H groups in total. The molecule has 1 aliphatic rings. The number of amides is 2. The van der Waals surface area contributed by atoms with Gasteiger partial charge in [-0.15, -0.1) is 0 Å². The van der Waals surface area contributed by atoms with Gasteiger partial charge < -0.3 is 15.4 Å². The molecule has 0 unspecified atom stereocenters. The summed E-state index contributed by atoms with van der Waals surface area (Å²) in [6.45, 7) is 0.986. The van der Waals surface area contributed by atoms with Crippen LogP contribution in [0.2, 0.25) is 0 Å². The minimum Gasteiger partial charge on any atom is -0.456 e. The van der Waals surface area contributed by atoms with Crippen molar-refractivity contribution in [3.63, 3.8) is 0 Å². The number of Topliss-reactive ketones (excluding diaryl/α,β-unsaturated/α-hetero) is 1. The molecule has 0 saturated carbocycles. The lowest BCUT2D eigenvalue weighted by Gasteiger charge is -2.08. The molecule has 2 aromatic rings. The maximum Gasteiger partial charge on any atom is 0.325 e. The zero-order valence-corrected chi connectivity index (χ0v) is 14.7. The van der Waals surface area contributed by atoms with Crippen LogP contribution in [0.3, 0.4) is 0 Å². The maximum atomic E-state index is 12.2. The van der Waals surface area contributed by atoms with Crippen LogP contribution in [-0.2, 0) is 14.3 Å². The van der Waals surface area contributed by atoms with Gasteiger partial charge in [-0.1, -0.05) is 18.2 Å². The number of nitrogens with one attached hydrogen (secondary N) is 2. The lowest BCUT2D eigenvalue weighted by molar-refractivity contribution is -0.141. The van der Waals surface area contributed by atoms with Crippen molar-refractivity contribution in [1.29, 1.82) is 0 Å². The van der Waals surface area contributed by atoms with Gasteiger partial charge in [0.15, 0.2) is 12.4 Å². The first-order chi connectivity index (χ1) is 13.0. The Morgan fingerprint density at radius 1 is 1.07 bits per heavy atom. The van der Waals surface area contributed by atoms with E-state index in [0.717, 1.165) is 5.56 Å². The number of benzene rings is 2. The summed E-state index contributed by atoms with van der Waals surface area (Å²) in [5, 5.41) is 5.16. The first-order valence-corrected chi connectivity index (χ1v) is 8.42. The number of ether oxygens (including phenoxy) is 1. The zero-order chi connectivity index (χ0) is 19.4. The van der Waals surface area contributed by atoms with Gasteiger partial charge in [0.05, 0.1) is 5.92 Å². The lowest BCUT2D eigenvalue weighted by atomic mass is 9.99. The van der Waals surface area contributed by atoms with E-state index < -0.39 is 18.5 Å². The third-order valence-corrected chi connectivity index (χ3v) is 4.28. The number of carbonyl (C=O) groups excluding carboxylic acids is 4. The largest absolute Gasteiger partial charge is 0.456 e. The molecule has 0 saturated heterocycles. The van der Waals surface area contributed by atoms with Crippen molar-refractivity contribution in [1.82, 2.24) is 5.32 Å². The van der Waals surface area contributed by atoms with E-state index in [0.29, 0.717) is 16.8 Å². The standard InChI is InChI=1S/C20H18N2O5/c1-12-15-9-14(7-8-16(15)22-19(12)25)17(23)11-27-18(24)10-21-20(26)13-5-3-2-4-6-13/h2-9,12H,10-11H2,1H3,(H,21,26)(H,22,25)/t12-/m1/s1. The highest BCUT2D eigenvalue weighted by atomic mass is 16.5. The number of esters is 1. The second kappa shape index (κ2) is 7.82. The highest BCUT2D eigenvalue weighted by Crippen LogP contribution is 2.32. The van der Waals surface area contributed by atoms with Crippen LogP contribution in [0.4, 0.5) is 5.69 Å². The fraction of sp³-hybridized carbons (Fsp3) is 0.200. The zero-order valence-electron chi connectivity index (χ0n) is 14.7. The molecule has 2 amide bonds. The first-order valence-electron chi connectivity index (χ1n) is 8.42. The van der Waals surface area contributed by atoms with Crippen molar-refractivity contribution in [3.05, 3.63) is 65.2 Å². The summed E-state index contributed by atoms with van der Waals surface area (Å²) in [7, 11) is 0. The normalized spacial score (nSPS) is 14.9. The number of hydrogen-bond donors (Lipinski definition) is 2. The molecule has 7 heteroatoms. The number of anilines is 1. The SMILES string of the molecule is C[C@H]1C(=O)Nc2ccc(C(=O)COC(=O)CNC(=O)c3ccccc3)cc21. The Labute approximate surface area is 155 Å². The van der Waals surface area contributed by atoms with Gasteiger partial charge in [-0.3, -0.25) is 19.2 Å². The summed E-state index contributed by atoms with van der Waals surface area (Å²) in [6, 6.07) is 13.3. The van der Waals surface area contributed by atoms with E-state index in [1.54, 1.807) is 55.5 Å². The molecule has 0 spiro atoms. The van der Waals surface area contributed by atoms with Crippen LogP contribution in [0.1, 0.15) is 39.1 Å². The number of hydrogen-bond acceptors (Lipinski definition) is 5. The van der Waals surface area contributed by atoms with Crippen LogP contribution < -0.4 is 10.6 Å². The first kappa shape index (κ1) is 18.3. The Balaban J connectivity index is 1.50. The van der Waals surface area contributed by atoms with Gasteiger partial charge in [0.1, 0.15) is 6.54 Å². The van der Waals surface area contributed by atoms with E-state index in [4.69, 9.17) is 4.74 Å². The molecule has 1 atom stereocenters. The van der Waals surface area contributed by atoms with Gasteiger partial charge in [0.25, 0.3) is 5.91 Å². The number of ketones is 1. The Bertz CT molecular complexity index is 908. The molecule has 0 fully saturated rings. The predicted molar refractivity (Wildman–Crippen MR) is 97.6 cm³/mol. The summed E-state index contributed by atoms with van der Waals surface area (Å²) < 4.78 is 4.93. The predicted octanol–water partition coefficient (Wildman–Crippen LogP) is 1.90. The van der Waals surface area contributed by atoms with E-state index in [1.807, 2.05) is 0 Å². The summed E-state index contributed by atoms with van der Waals surface area (Å²) in [4.78, 5) is 47.5. The molecule has 3 rings (SSSR count). The van der Waals surface area contributed by atoms with Gasteiger partial charge in [-0.05, 0) is 42.8 Å². The molecule has 0 aliphatic carbocycles. The highest BCUT2D eigenvalue weighted by Gasteiger charge is 2.27. The van der Waals surface area contributed by atoms with Crippen LogP contribution in [0.5, 0.6) is 0 Å². The molecule has 27 heavy (non-hydrogen) atoms. The minimum absolute atomic E-state index is 0.116. The molecule has 7 nitrogen and oxygen atoms in total. The molecule has 1 aliphatic heterocycles. The Kier molecular flexibility index (Phi) is 5.30. The smallest absolute Gasteiger partial charge is 0.325 e. The van der Waals surface area contributed by atoms with Crippen molar-refractivity contribution in [3.8, 4) is 0 Å². The molecule has 0 bridgehead atoms. The molecular weight excluding hydrogens is 348 g/mol. The van der Waals surface area contributed by atoms with Crippen molar-refractivity contribution in [2.75, 3.05) is 18.5 Å². The van der Waals surface area contributed by atoms with Crippen molar-refractivity contribution in [2.45, 2.75) is 12.8 Å². The minimum atomic E-state index is -0.709. The Hall–Kier alpha value is -3.48. The molecule has 2 aromatic carbocycles. The van der Waals surface area contributed by atoms with E-state index in [2.05, 4.69) is 10.6 Å². The van der Waals surface area contributed by atoms with Gasteiger partial charge >= 0.3 is 5.97 Å². The summed E-state index contributed by atoms with van der Waals surface area (Å²) in [6.07, 6.45) is 0. The summed E-state index contributed by atoms with van der Waals surface area (Å²) in [5.74, 6) is -1.94. The second-order valence-corrected chi connectivity index (χ2v) is 6.15. The highest BCUT2D eigenvalue weighted by molar-refractivity contribution is 6.05. The number of carbonyl (C=O) groups is 4. The average molecular weight is 366 g/mol. The van der Waals surface area contributed by atoms with Crippen LogP contribution in [0, 0.1) is 0 Å². The Morgan fingerprint density at radius 3 is 2.56 bits per heavy atom. The number of rotatable bonds is 6. The summed E-state index contributed by atoms with van der Waals surface area (Å²) in [5.41, 5.74) is 2.21. The number of fused-ring (bicyclic) bond motifs is 1. The molecule has 138 valence electrons. The van der Waals surface area contributed by atoms with Crippen LogP contribution in [-0.4, -0.2) is 36.7 Å².